The molecular formula is C19H10Br6O3. The summed E-state index contributed by atoms with van der Waals surface area (Å²) in [6.07, 6.45) is 0. The van der Waals surface area contributed by atoms with Gasteiger partial charge in [-0.05, 0) is 149 Å². The molecule has 0 bridgehead atoms. The number of hydrogen-bond donors (Lipinski definition) is 3. The topological polar surface area (TPSA) is 60.7 Å². The van der Waals surface area contributed by atoms with Gasteiger partial charge in [-0.15, -0.1) is 0 Å². The third-order valence-corrected chi connectivity index (χ3v) is 7.74. The fraction of sp³-hybridized carbons (Fsp3) is 0.0526. The summed E-state index contributed by atoms with van der Waals surface area (Å²) in [6.45, 7) is 0. The molecule has 0 saturated heterocycles. The van der Waals surface area contributed by atoms with E-state index in [9.17, 15) is 15.3 Å². The first kappa shape index (κ1) is 22.6. The van der Waals surface area contributed by atoms with Crippen LogP contribution in [-0.2, 0) is 0 Å². The molecular weight excluding hydrogens is 756 g/mol. The van der Waals surface area contributed by atoms with Crippen LogP contribution < -0.4 is 0 Å². The van der Waals surface area contributed by atoms with Crippen molar-refractivity contribution in [1.29, 1.82) is 0 Å². The molecule has 0 atom stereocenters. The normalized spacial score (nSPS) is 11.2. The molecule has 9 heteroatoms. The fourth-order valence-electron chi connectivity index (χ4n) is 2.83. The largest absolute Gasteiger partial charge is 0.506 e. The van der Waals surface area contributed by atoms with Crippen molar-refractivity contribution in [2.45, 2.75) is 5.92 Å². The Labute approximate surface area is 211 Å². The van der Waals surface area contributed by atoms with Gasteiger partial charge in [0.15, 0.2) is 0 Å². The van der Waals surface area contributed by atoms with Crippen LogP contribution in [0, 0.1) is 0 Å². The van der Waals surface area contributed by atoms with Crippen LogP contribution in [-0.4, -0.2) is 15.3 Å². The van der Waals surface area contributed by atoms with E-state index in [1.165, 1.54) is 0 Å². The lowest BCUT2D eigenvalue weighted by Gasteiger charge is -2.22. The van der Waals surface area contributed by atoms with E-state index in [0.717, 1.165) is 16.7 Å². The van der Waals surface area contributed by atoms with Crippen LogP contribution in [0.25, 0.3) is 0 Å². The number of hydrogen-bond acceptors (Lipinski definition) is 3. The molecule has 0 fully saturated rings. The maximum atomic E-state index is 10.1. The van der Waals surface area contributed by atoms with E-state index in [-0.39, 0.29) is 23.2 Å². The van der Waals surface area contributed by atoms with E-state index in [1.54, 1.807) is 0 Å². The van der Waals surface area contributed by atoms with Crippen LogP contribution in [0.4, 0.5) is 0 Å². The monoisotopic (exact) mass is 760 g/mol. The van der Waals surface area contributed by atoms with Gasteiger partial charge >= 0.3 is 0 Å². The molecule has 3 rings (SSSR count). The summed E-state index contributed by atoms with van der Waals surface area (Å²) in [5, 5.41) is 30.3. The second-order valence-electron chi connectivity index (χ2n) is 5.93. The molecule has 28 heavy (non-hydrogen) atoms. The van der Waals surface area contributed by atoms with E-state index >= 15 is 0 Å². The Balaban J connectivity index is 2.32. The molecule has 0 aromatic heterocycles. The summed E-state index contributed by atoms with van der Waals surface area (Å²) >= 11 is 20.4. The zero-order chi connectivity index (χ0) is 20.7. The van der Waals surface area contributed by atoms with E-state index in [0.29, 0.717) is 26.8 Å². The summed E-state index contributed by atoms with van der Waals surface area (Å²) < 4.78 is 3.31. The Bertz CT molecular complexity index is 878. The molecule has 0 heterocycles. The van der Waals surface area contributed by atoms with Gasteiger partial charge in [0.2, 0.25) is 0 Å². The van der Waals surface area contributed by atoms with Crippen LogP contribution >= 0.6 is 95.6 Å². The van der Waals surface area contributed by atoms with Crippen molar-refractivity contribution in [2.24, 2.45) is 0 Å². The molecule has 0 unspecified atom stereocenters. The SMILES string of the molecule is Oc1c(Br)cc(C(c2cc(Br)c(O)c(Br)c2)c2cc(Br)c(O)c(Br)c2)cc1Br. The molecule has 3 N–H and O–H groups in total. The van der Waals surface area contributed by atoms with Crippen molar-refractivity contribution < 1.29 is 15.3 Å². The molecule has 146 valence electrons. The summed E-state index contributed by atoms with van der Waals surface area (Å²) in [6, 6.07) is 11.0. The van der Waals surface area contributed by atoms with E-state index in [2.05, 4.69) is 95.6 Å². The average Bonchev–Trinajstić information content (AvgIpc) is 2.62. The van der Waals surface area contributed by atoms with E-state index in [1.807, 2.05) is 36.4 Å². The highest BCUT2D eigenvalue weighted by Gasteiger charge is 2.23. The molecule has 0 spiro atoms. The Morgan fingerprint density at radius 1 is 0.429 bits per heavy atom. The van der Waals surface area contributed by atoms with E-state index in [4.69, 9.17) is 0 Å². The summed E-state index contributed by atoms with van der Waals surface area (Å²) in [5.41, 5.74) is 2.68. The first-order valence-corrected chi connectivity index (χ1v) is 12.4. The Morgan fingerprint density at radius 2 is 0.607 bits per heavy atom. The molecule has 3 aromatic carbocycles. The van der Waals surface area contributed by atoms with Crippen molar-refractivity contribution in [3.05, 3.63) is 79.9 Å². The highest BCUT2D eigenvalue weighted by atomic mass is 79.9. The highest BCUT2D eigenvalue weighted by Crippen LogP contribution is 2.45. The number of phenols is 3. The van der Waals surface area contributed by atoms with Crippen LogP contribution in [0.5, 0.6) is 17.2 Å². The van der Waals surface area contributed by atoms with Crippen LogP contribution in [0.3, 0.4) is 0 Å². The summed E-state index contributed by atoms with van der Waals surface area (Å²) in [7, 11) is 0. The first-order valence-electron chi connectivity index (χ1n) is 7.63. The Morgan fingerprint density at radius 3 is 0.786 bits per heavy atom. The van der Waals surface area contributed by atoms with Crippen molar-refractivity contribution in [2.75, 3.05) is 0 Å². The van der Waals surface area contributed by atoms with Gasteiger partial charge in [0.05, 0.1) is 26.8 Å². The zero-order valence-electron chi connectivity index (χ0n) is 13.7. The number of benzene rings is 3. The third kappa shape index (κ3) is 4.49. The lowest BCUT2D eigenvalue weighted by molar-refractivity contribution is 0.468. The van der Waals surface area contributed by atoms with Crippen LogP contribution in [0.15, 0.2) is 63.2 Å². The maximum Gasteiger partial charge on any atom is 0.143 e. The standard InChI is InChI=1S/C19H10Br6O3/c20-10-1-7(2-11(21)17(10)26)16(8-3-12(22)18(27)13(23)4-8)9-5-14(24)19(28)15(25)6-9/h1-6,16,26-28H. The average molecular weight is 766 g/mol. The zero-order valence-corrected chi connectivity index (χ0v) is 23.2. The molecule has 0 radical (unpaired) electrons. The minimum Gasteiger partial charge on any atom is -0.506 e. The maximum absolute atomic E-state index is 10.1. The predicted octanol–water partition coefficient (Wildman–Crippen LogP) is 8.56. The third-order valence-electron chi connectivity index (χ3n) is 4.12. The molecule has 0 amide bonds. The lowest BCUT2D eigenvalue weighted by Crippen LogP contribution is -2.05. The number of rotatable bonds is 3. The predicted molar refractivity (Wildman–Crippen MR) is 131 cm³/mol. The number of aromatic hydroxyl groups is 3. The van der Waals surface area contributed by atoms with Crippen molar-refractivity contribution in [1.82, 2.24) is 0 Å². The van der Waals surface area contributed by atoms with Crippen LogP contribution in [0.2, 0.25) is 0 Å². The van der Waals surface area contributed by atoms with Gasteiger partial charge in [-0.2, -0.15) is 0 Å². The molecule has 0 aliphatic carbocycles. The van der Waals surface area contributed by atoms with Crippen molar-refractivity contribution in [3.63, 3.8) is 0 Å². The van der Waals surface area contributed by atoms with Crippen molar-refractivity contribution in [3.8, 4) is 17.2 Å². The fourth-order valence-corrected chi connectivity index (χ4v) is 6.50. The number of phenolic OH excluding ortho intramolecular Hbond substituents is 3. The molecule has 3 aromatic rings. The Hall–Kier alpha value is -0.0600. The molecule has 0 saturated carbocycles. The minimum absolute atomic E-state index is 0.114. The lowest BCUT2D eigenvalue weighted by atomic mass is 9.85. The second kappa shape index (κ2) is 8.98. The van der Waals surface area contributed by atoms with Gasteiger partial charge < -0.3 is 15.3 Å². The minimum atomic E-state index is -0.255. The molecule has 3 nitrogen and oxygen atoms in total. The Kier molecular flexibility index (Phi) is 7.25. The van der Waals surface area contributed by atoms with Gasteiger partial charge in [-0.3, -0.25) is 0 Å². The summed E-state index contributed by atoms with van der Waals surface area (Å²) in [4.78, 5) is 0. The number of halogens is 6. The quantitative estimate of drug-likeness (QED) is 0.235. The highest BCUT2D eigenvalue weighted by molar-refractivity contribution is 9.11. The van der Waals surface area contributed by atoms with Crippen molar-refractivity contribution >= 4 is 95.6 Å². The first-order chi connectivity index (χ1) is 13.1. The molecule has 0 aliphatic heterocycles. The van der Waals surface area contributed by atoms with Gasteiger partial charge in [0.25, 0.3) is 0 Å². The smallest absolute Gasteiger partial charge is 0.143 e. The molecule has 0 aliphatic rings. The van der Waals surface area contributed by atoms with Gasteiger partial charge in [0.1, 0.15) is 17.2 Å². The van der Waals surface area contributed by atoms with Gasteiger partial charge in [0, 0.05) is 5.92 Å². The van der Waals surface area contributed by atoms with Gasteiger partial charge in [-0.25, -0.2) is 0 Å². The summed E-state index contributed by atoms with van der Waals surface area (Å²) in [5.74, 6) is 0.0884. The van der Waals surface area contributed by atoms with Crippen LogP contribution in [0.1, 0.15) is 22.6 Å². The second-order valence-corrected chi connectivity index (χ2v) is 11.1. The van der Waals surface area contributed by atoms with E-state index < -0.39 is 0 Å². The van der Waals surface area contributed by atoms with Gasteiger partial charge in [-0.1, -0.05) is 0 Å².